The van der Waals surface area contributed by atoms with Crippen LogP contribution in [0.2, 0.25) is 0 Å². The number of nitrogen functional groups attached to an aromatic ring is 1. The van der Waals surface area contributed by atoms with Crippen LogP contribution in [-0.4, -0.2) is 74.9 Å². The summed E-state index contributed by atoms with van der Waals surface area (Å²) in [7, 11) is 0. The van der Waals surface area contributed by atoms with Crippen LogP contribution in [0.5, 0.6) is 0 Å². The number of nitrogens with two attached hydrogens (primary N) is 1. The number of fused-ring (bicyclic) bond motifs is 1. The first-order valence-corrected chi connectivity index (χ1v) is 12.4. The molecule has 6 rings (SSSR count). The normalized spacial score (nSPS) is 16.9. The smallest absolute Gasteiger partial charge is 0.255 e. The second-order valence-corrected chi connectivity index (χ2v) is 9.30. The molecule has 2 aliphatic rings. The van der Waals surface area contributed by atoms with Gasteiger partial charge in [-0.05, 0) is 43.2 Å². The van der Waals surface area contributed by atoms with Crippen LogP contribution < -0.4 is 10.6 Å². The zero-order chi connectivity index (χ0) is 25.4. The first-order chi connectivity index (χ1) is 18.1. The van der Waals surface area contributed by atoms with E-state index in [1.807, 2.05) is 9.58 Å². The number of amides is 1. The summed E-state index contributed by atoms with van der Waals surface area (Å²) in [6.45, 7) is 3.73. The number of aromatic nitrogens is 5. The van der Waals surface area contributed by atoms with Crippen LogP contribution in [0.15, 0.2) is 48.9 Å². The second-order valence-electron chi connectivity index (χ2n) is 9.30. The molecule has 2 fully saturated rings. The monoisotopic (exact) mass is 502 g/mol. The molecule has 2 N–H and O–H groups in total. The van der Waals surface area contributed by atoms with Crippen molar-refractivity contribution in [1.82, 2.24) is 29.6 Å². The average Bonchev–Trinajstić information content (AvgIpc) is 3.37. The van der Waals surface area contributed by atoms with Gasteiger partial charge in [-0.25, -0.2) is 19.0 Å². The highest BCUT2D eigenvalue weighted by Crippen LogP contribution is 2.33. The van der Waals surface area contributed by atoms with Crippen LogP contribution in [0.3, 0.4) is 0 Å². The lowest BCUT2D eigenvalue weighted by Gasteiger charge is -2.32. The van der Waals surface area contributed by atoms with Gasteiger partial charge in [0.1, 0.15) is 11.6 Å². The van der Waals surface area contributed by atoms with Crippen molar-refractivity contribution in [3.63, 3.8) is 0 Å². The number of pyridine rings is 1. The highest BCUT2D eigenvalue weighted by atomic mass is 19.1. The van der Waals surface area contributed by atoms with Crippen molar-refractivity contribution >= 4 is 28.4 Å². The van der Waals surface area contributed by atoms with Crippen molar-refractivity contribution in [3.8, 4) is 11.4 Å². The van der Waals surface area contributed by atoms with E-state index in [1.54, 1.807) is 42.9 Å². The summed E-state index contributed by atoms with van der Waals surface area (Å²) in [5.74, 6) is 0.517. The molecule has 5 heterocycles. The highest BCUT2D eigenvalue weighted by Gasteiger charge is 2.28. The summed E-state index contributed by atoms with van der Waals surface area (Å²) >= 11 is 0. The molecule has 2 aliphatic heterocycles. The van der Waals surface area contributed by atoms with Gasteiger partial charge in [0.15, 0.2) is 11.5 Å². The number of benzene rings is 1. The van der Waals surface area contributed by atoms with Gasteiger partial charge in [-0.15, -0.1) is 0 Å². The van der Waals surface area contributed by atoms with Gasteiger partial charge in [0.05, 0.1) is 42.0 Å². The van der Waals surface area contributed by atoms with E-state index in [9.17, 15) is 9.18 Å². The minimum atomic E-state index is -0.472. The third kappa shape index (κ3) is 4.46. The number of nitrogens with zero attached hydrogens (tertiary/aromatic N) is 7. The quantitative estimate of drug-likeness (QED) is 0.424. The maximum atomic E-state index is 14.9. The minimum absolute atomic E-state index is 0.0186. The van der Waals surface area contributed by atoms with E-state index in [-0.39, 0.29) is 23.3 Å². The van der Waals surface area contributed by atoms with E-state index in [2.05, 4.69) is 9.88 Å². The molecule has 190 valence electrons. The average molecular weight is 503 g/mol. The summed E-state index contributed by atoms with van der Waals surface area (Å²) in [6, 6.07) is 8.13. The number of rotatable bonds is 4. The lowest BCUT2D eigenvalue weighted by Crippen LogP contribution is -2.39. The summed E-state index contributed by atoms with van der Waals surface area (Å²) in [5, 5.41) is 5.52. The predicted octanol–water partition coefficient (Wildman–Crippen LogP) is 2.92. The number of ether oxygens (including phenoxy) is 1. The molecule has 2 saturated heterocycles. The Balaban J connectivity index is 1.34. The Bertz CT molecular complexity index is 1430. The molecule has 0 radical (unpaired) electrons. The van der Waals surface area contributed by atoms with E-state index < -0.39 is 5.82 Å². The molecule has 0 spiro atoms. The number of morpholine rings is 1. The Labute approximate surface area is 212 Å². The number of carbonyl (C=O) groups excluding carboxylic acids is 1. The lowest BCUT2D eigenvalue weighted by molar-refractivity contribution is 0.0691. The minimum Gasteiger partial charge on any atom is -0.399 e. The van der Waals surface area contributed by atoms with Gasteiger partial charge >= 0.3 is 0 Å². The Hall–Kier alpha value is -4.12. The summed E-state index contributed by atoms with van der Waals surface area (Å²) in [6.07, 6.45) is 6.49. The summed E-state index contributed by atoms with van der Waals surface area (Å²) < 4.78 is 22.3. The van der Waals surface area contributed by atoms with Crippen LogP contribution in [0.4, 0.5) is 15.9 Å². The van der Waals surface area contributed by atoms with Crippen molar-refractivity contribution < 1.29 is 13.9 Å². The fourth-order valence-corrected chi connectivity index (χ4v) is 5.01. The highest BCUT2D eigenvalue weighted by molar-refractivity contribution is 5.94. The first-order valence-electron chi connectivity index (χ1n) is 12.4. The molecule has 4 aromatic rings. The number of hydrogen-bond acceptors (Lipinski definition) is 8. The van der Waals surface area contributed by atoms with Crippen molar-refractivity contribution in [2.24, 2.45) is 0 Å². The molecule has 0 bridgehead atoms. The largest absolute Gasteiger partial charge is 0.399 e. The van der Waals surface area contributed by atoms with E-state index in [0.717, 1.165) is 24.0 Å². The number of carbonyl (C=O) groups is 1. The first kappa shape index (κ1) is 23.3. The molecule has 10 nitrogen and oxygen atoms in total. The summed E-state index contributed by atoms with van der Waals surface area (Å²) in [4.78, 5) is 30.5. The molecule has 0 aliphatic carbocycles. The third-order valence-electron chi connectivity index (χ3n) is 6.98. The van der Waals surface area contributed by atoms with Crippen molar-refractivity contribution in [2.75, 3.05) is 50.0 Å². The Kier molecular flexibility index (Phi) is 6.13. The molecular weight excluding hydrogens is 475 g/mol. The van der Waals surface area contributed by atoms with Gasteiger partial charge in [0.2, 0.25) is 0 Å². The van der Waals surface area contributed by atoms with Gasteiger partial charge < -0.3 is 20.3 Å². The number of piperidine rings is 1. The number of anilines is 2. The van der Waals surface area contributed by atoms with Gasteiger partial charge in [0, 0.05) is 44.3 Å². The van der Waals surface area contributed by atoms with Crippen molar-refractivity contribution in [1.29, 1.82) is 0 Å². The predicted molar refractivity (Wildman–Crippen MR) is 137 cm³/mol. The summed E-state index contributed by atoms with van der Waals surface area (Å²) in [5.41, 5.74) is 7.64. The zero-order valence-corrected chi connectivity index (χ0v) is 20.3. The van der Waals surface area contributed by atoms with Gasteiger partial charge in [0.25, 0.3) is 5.91 Å². The maximum absolute atomic E-state index is 14.9. The molecule has 37 heavy (non-hydrogen) atoms. The fraction of sp³-hybridized carbons (Fsp3) is 0.346. The SMILES string of the molecule is Nc1ccc(-c2nc(N3CCOCC3)c3cnn(C4CCN(C(=O)c5cccnc5)CC4)c3n2)c(F)c1. The van der Waals surface area contributed by atoms with Crippen molar-refractivity contribution in [2.45, 2.75) is 18.9 Å². The Morgan fingerprint density at radius 1 is 1.05 bits per heavy atom. The molecule has 1 amide bonds. The van der Waals surface area contributed by atoms with Crippen LogP contribution in [0, 0.1) is 5.82 Å². The van der Waals surface area contributed by atoms with Crippen LogP contribution >= 0.6 is 0 Å². The van der Waals surface area contributed by atoms with E-state index in [1.165, 1.54) is 6.07 Å². The second kappa shape index (κ2) is 9.74. The van der Waals surface area contributed by atoms with Gasteiger partial charge in [-0.2, -0.15) is 5.10 Å². The molecular formula is C26H27FN8O2. The lowest BCUT2D eigenvalue weighted by atomic mass is 10.0. The van der Waals surface area contributed by atoms with Crippen LogP contribution in [0.25, 0.3) is 22.4 Å². The van der Waals surface area contributed by atoms with Gasteiger partial charge in [-0.1, -0.05) is 0 Å². The maximum Gasteiger partial charge on any atom is 0.255 e. The molecule has 0 saturated carbocycles. The molecule has 3 aromatic heterocycles. The van der Waals surface area contributed by atoms with E-state index in [4.69, 9.17) is 25.5 Å². The molecule has 0 unspecified atom stereocenters. The van der Waals surface area contributed by atoms with Gasteiger partial charge in [-0.3, -0.25) is 9.78 Å². The number of likely N-dealkylation sites (tertiary alicyclic amines) is 1. The number of hydrogen-bond donors (Lipinski definition) is 1. The number of halogens is 1. The standard InChI is InChI=1S/C26H27FN8O2/c27-22-14-18(28)3-4-20(22)23-31-24(33-10-12-37-13-11-33)21-16-30-35(25(21)32-23)19-5-8-34(9-6-19)26(36)17-2-1-7-29-15-17/h1-4,7,14-16,19H,5-6,8-13,28H2. The molecule has 0 atom stereocenters. The Morgan fingerprint density at radius 3 is 2.59 bits per heavy atom. The molecule has 1 aromatic carbocycles. The van der Waals surface area contributed by atoms with E-state index >= 15 is 0 Å². The van der Waals surface area contributed by atoms with Crippen LogP contribution in [0.1, 0.15) is 29.2 Å². The Morgan fingerprint density at radius 2 is 1.86 bits per heavy atom. The van der Waals surface area contributed by atoms with Crippen molar-refractivity contribution in [3.05, 3.63) is 60.3 Å². The topological polar surface area (TPSA) is 115 Å². The van der Waals surface area contributed by atoms with E-state index in [0.29, 0.717) is 56.3 Å². The fourth-order valence-electron chi connectivity index (χ4n) is 5.01. The molecule has 11 heteroatoms. The van der Waals surface area contributed by atoms with Crippen LogP contribution in [-0.2, 0) is 4.74 Å². The third-order valence-corrected chi connectivity index (χ3v) is 6.98. The zero-order valence-electron chi connectivity index (χ0n) is 20.3.